The van der Waals surface area contributed by atoms with Gasteiger partial charge >= 0.3 is 0 Å². The van der Waals surface area contributed by atoms with Gasteiger partial charge in [-0.3, -0.25) is 9.69 Å². The Bertz CT molecular complexity index is 425. The van der Waals surface area contributed by atoms with Gasteiger partial charge in [0.05, 0.1) is 6.54 Å². The lowest BCUT2D eigenvalue weighted by molar-refractivity contribution is -0.122. The molecule has 1 amide bonds. The van der Waals surface area contributed by atoms with Crippen LogP contribution in [-0.4, -0.2) is 43.0 Å². The zero-order chi connectivity index (χ0) is 13.7. The second kappa shape index (κ2) is 8.47. The average molecular weight is 318 g/mol. The molecule has 20 heavy (non-hydrogen) atoms. The summed E-state index contributed by atoms with van der Waals surface area (Å²) in [6.45, 7) is 5.97. The SMILES string of the molecule is CC1CN(CC(=O)NCc2ccc(Cl)cc2)CCN1.Cl. The first kappa shape index (κ1) is 17.2. The van der Waals surface area contributed by atoms with Crippen molar-refractivity contribution in [3.63, 3.8) is 0 Å². The van der Waals surface area contributed by atoms with Crippen molar-refractivity contribution in [1.82, 2.24) is 15.5 Å². The molecule has 1 unspecified atom stereocenters. The number of benzene rings is 1. The lowest BCUT2D eigenvalue weighted by Gasteiger charge is -2.31. The monoisotopic (exact) mass is 317 g/mol. The zero-order valence-electron chi connectivity index (χ0n) is 11.6. The van der Waals surface area contributed by atoms with Crippen molar-refractivity contribution < 1.29 is 4.79 Å². The molecular weight excluding hydrogens is 297 g/mol. The van der Waals surface area contributed by atoms with E-state index in [0.717, 1.165) is 25.2 Å². The number of hydrogen-bond donors (Lipinski definition) is 2. The Kier molecular flexibility index (Phi) is 7.30. The van der Waals surface area contributed by atoms with Crippen LogP contribution in [0.25, 0.3) is 0 Å². The predicted octanol–water partition coefficient (Wildman–Crippen LogP) is 1.67. The highest BCUT2D eigenvalue weighted by atomic mass is 35.5. The number of carbonyl (C=O) groups is 1. The minimum Gasteiger partial charge on any atom is -0.351 e. The second-order valence-corrected chi connectivity index (χ2v) is 5.43. The minimum atomic E-state index is 0. The van der Waals surface area contributed by atoms with Crippen molar-refractivity contribution in [2.45, 2.75) is 19.5 Å². The molecule has 0 aromatic heterocycles. The van der Waals surface area contributed by atoms with E-state index in [1.54, 1.807) is 0 Å². The van der Waals surface area contributed by atoms with Crippen molar-refractivity contribution in [3.05, 3.63) is 34.9 Å². The maximum Gasteiger partial charge on any atom is 0.234 e. The lowest BCUT2D eigenvalue weighted by Crippen LogP contribution is -2.51. The third-order valence-electron chi connectivity index (χ3n) is 3.22. The highest BCUT2D eigenvalue weighted by molar-refractivity contribution is 6.30. The van der Waals surface area contributed by atoms with Crippen LogP contribution in [0.15, 0.2) is 24.3 Å². The molecule has 0 spiro atoms. The van der Waals surface area contributed by atoms with Crippen LogP contribution in [0.4, 0.5) is 0 Å². The number of hydrogen-bond acceptors (Lipinski definition) is 3. The summed E-state index contributed by atoms with van der Waals surface area (Å²) in [5.74, 6) is 0.0732. The van der Waals surface area contributed by atoms with Crippen LogP contribution in [0, 0.1) is 0 Å². The van der Waals surface area contributed by atoms with Crippen LogP contribution in [0.5, 0.6) is 0 Å². The molecule has 2 N–H and O–H groups in total. The summed E-state index contributed by atoms with van der Waals surface area (Å²) in [6.07, 6.45) is 0. The summed E-state index contributed by atoms with van der Waals surface area (Å²) < 4.78 is 0. The number of rotatable bonds is 4. The molecule has 1 heterocycles. The Morgan fingerprint density at radius 3 is 2.80 bits per heavy atom. The van der Waals surface area contributed by atoms with Crippen molar-refractivity contribution in [3.8, 4) is 0 Å². The van der Waals surface area contributed by atoms with Gasteiger partial charge in [-0.2, -0.15) is 0 Å². The normalized spacial score (nSPS) is 19.2. The van der Waals surface area contributed by atoms with Gasteiger partial charge in [0, 0.05) is 37.2 Å². The number of carbonyl (C=O) groups excluding carboxylic acids is 1. The maximum absolute atomic E-state index is 11.9. The third-order valence-corrected chi connectivity index (χ3v) is 3.48. The number of nitrogens with zero attached hydrogens (tertiary/aromatic N) is 1. The molecule has 1 atom stereocenters. The Labute approximate surface area is 131 Å². The van der Waals surface area contributed by atoms with Crippen LogP contribution >= 0.6 is 24.0 Å². The summed E-state index contributed by atoms with van der Waals surface area (Å²) in [6, 6.07) is 7.98. The number of piperazine rings is 1. The number of halogens is 2. The average Bonchev–Trinajstić information content (AvgIpc) is 2.38. The molecular formula is C14H21Cl2N3O. The number of amides is 1. The summed E-state index contributed by atoms with van der Waals surface area (Å²) in [5, 5.41) is 7.01. The quantitative estimate of drug-likeness (QED) is 0.888. The topological polar surface area (TPSA) is 44.4 Å². The molecule has 0 aliphatic carbocycles. The Hall–Kier alpha value is -0.810. The molecule has 1 saturated heterocycles. The third kappa shape index (κ3) is 5.67. The Morgan fingerprint density at radius 1 is 1.45 bits per heavy atom. The van der Waals surface area contributed by atoms with Crippen LogP contribution in [-0.2, 0) is 11.3 Å². The molecule has 0 saturated carbocycles. The fourth-order valence-electron chi connectivity index (χ4n) is 2.22. The first-order valence-electron chi connectivity index (χ1n) is 6.60. The summed E-state index contributed by atoms with van der Waals surface area (Å²) in [4.78, 5) is 14.0. The van der Waals surface area contributed by atoms with Gasteiger partial charge in [0.15, 0.2) is 0 Å². The highest BCUT2D eigenvalue weighted by Crippen LogP contribution is 2.09. The zero-order valence-corrected chi connectivity index (χ0v) is 13.1. The second-order valence-electron chi connectivity index (χ2n) is 4.99. The van der Waals surface area contributed by atoms with Gasteiger partial charge in [0.2, 0.25) is 5.91 Å². The first-order valence-corrected chi connectivity index (χ1v) is 6.98. The summed E-state index contributed by atoms with van der Waals surface area (Å²) in [5.41, 5.74) is 1.06. The van der Waals surface area contributed by atoms with E-state index in [9.17, 15) is 4.79 Å². The molecule has 4 nitrogen and oxygen atoms in total. The van der Waals surface area contributed by atoms with Crippen molar-refractivity contribution in [2.75, 3.05) is 26.2 Å². The van der Waals surface area contributed by atoms with E-state index in [2.05, 4.69) is 22.5 Å². The van der Waals surface area contributed by atoms with Gasteiger partial charge in [-0.25, -0.2) is 0 Å². The van der Waals surface area contributed by atoms with Crippen LogP contribution in [0.1, 0.15) is 12.5 Å². The van der Waals surface area contributed by atoms with Crippen molar-refractivity contribution in [1.29, 1.82) is 0 Å². The van der Waals surface area contributed by atoms with E-state index in [1.165, 1.54) is 0 Å². The fourth-order valence-corrected chi connectivity index (χ4v) is 2.34. The summed E-state index contributed by atoms with van der Waals surface area (Å²) >= 11 is 5.82. The van der Waals surface area contributed by atoms with Gasteiger partial charge in [-0.15, -0.1) is 12.4 Å². The molecule has 6 heteroatoms. The lowest BCUT2D eigenvalue weighted by atomic mass is 10.2. The van der Waals surface area contributed by atoms with E-state index in [1.807, 2.05) is 24.3 Å². The van der Waals surface area contributed by atoms with Gasteiger partial charge in [-0.05, 0) is 24.6 Å². The van der Waals surface area contributed by atoms with E-state index in [0.29, 0.717) is 24.2 Å². The molecule has 1 aliphatic rings. The van der Waals surface area contributed by atoms with Gasteiger partial charge < -0.3 is 10.6 Å². The van der Waals surface area contributed by atoms with E-state index < -0.39 is 0 Å². The highest BCUT2D eigenvalue weighted by Gasteiger charge is 2.17. The molecule has 1 aromatic rings. The molecule has 0 radical (unpaired) electrons. The van der Waals surface area contributed by atoms with E-state index in [4.69, 9.17) is 11.6 Å². The smallest absolute Gasteiger partial charge is 0.234 e. The van der Waals surface area contributed by atoms with Crippen LogP contribution < -0.4 is 10.6 Å². The molecule has 1 aliphatic heterocycles. The van der Waals surface area contributed by atoms with E-state index >= 15 is 0 Å². The molecule has 0 bridgehead atoms. The van der Waals surface area contributed by atoms with Crippen LogP contribution in [0.3, 0.4) is 0 Å². The van der Waals surface area contributed by atoms with Gasteiger partial charge in [-0.1, -0.05) is 23.7 Å². The number of nitrogens with one attached hydrogen (secondary N) is 2. The van der Waals surface area contributed by atoms with Gasteiger partial charge in [0.25, 0.3) is 0 Å². The minimum absolute atomic E-state index is 0. The van der Waals surface area contributed by atoms with Gasteiger partial charge in [0.1, 0.15) is 0 Å². The predicted molar refractivity (Wildman–Crippen MR) is 84.5 cm³/mol. The molecule has 112 valence electrons. The molecule has 2 rings (SSSR count). The largest absolute Gasteiger partial charge is 0.351 e. The van der Waals surface area contributed by atoms with Crippen molar-refractivity contribution in [2.24, 2.45) is 0 Å². The van der Waals surface area contributed by atoms with Crippen molar-refractivity contribution >= 4 is 29.9 Å². The fraction of sp³-hybridized carbons (Fsp3) is 0.500. The Balaban J connectivity index is 0.00000200. The maximum atomic E-state index is 11.9. The first-order chi connectivity index (χ1) is 9.13. The standard InChI is InChI=1S/C14H20ClN3O.ClH/c1-11-9-18(7-6-16-11)10-14(19)17-8-12-2-4-13(15)5-3-12;/h2-5,11,16H,6-10H2,1H3,(H,17,19);1H. The Morgan fingerprint density at radius 2 is 2.15 bits per heavy atom. The van der Waals surface area contributed by atoms with Crippen LogP contribution in [0.2, 0.25) is 5.02 Å². The summed E-state index contributed by atoms with van der Waals surface area (Å²) in [7, 11) is 0. The van der Waals surface area contributed by atoms with E-state index in [-0.39, 0.29) is 18.3 Å². The molecule has 1 fully saturated rings. The molecule has 1 aromatic carbocycles.